The van der Waals surface area contributed by atoms with Crippen LogP contribution >= 0.6 is 11.6 Å². The van der Waals surface area contributed by atoms with Crippen molar-refractivity contribution in [1.29, 1.82) is 0 Å². The predicted molar refractivity (Wildman–Crippen MR) is 146 cm³/mol. The lowest BCUT2D eigenvalue weighted by Crippen LogP contribution is -2.52. The quantitative estimate of drug-likeness (QED) is 0.366. The Morgan fingerprint density at radius 3 is 2.21 bits per heavy atom. The molecule has 1 aliphatic heterocycles. The molecular formula is C30H34ClN3O4. The second-order valence-corrected chi connectivity index (χ2v) is 10.7. The molecule has 0 unspecified atom stereocenters. The van der Waals surface area contributed by atoms with Crippen molar-refractivity contribution in [1.82, 2.24) is 15.1 Å². The van der Waals surface area contributed by atoms with Gasteiger partial charge in [-0.05, 0) is 49.9 Å². The van der Waals surface area contributed by atoms with Crippen LogP contribution in [-0.4, -0.2) is 52.1 Å². The first-order chi connectivity index (χ1) is 18.2. The number of nitrogens with one attached hydrogen (secondary N) is 1. The number of carbonyl (C=O) groups excluding carboxylic acids is 4. The van der Waals surface area contributed by atoms with Gasteiger partial charge in [-0.1, -0.05) is 66.2 Å². The Morgan fingerprint density at radius 2 is 1.61 bits per heavy atom. The molecule has 7 nitrogen and oxygen atoms in total. The molecule has 8 heteroatoms. The summed E-state index contributed by atoms with van der Waals surface area (Å²) in [6, 6.07) is 15.8. The Bertz CT molecular complexity index is 1190. The third kappa shape index (κ3) is 6.51. The largest absolute Gasteiger partial charge is 0.352 e. The van der Waals surface area contributed by atoms with Crippen LogP contribution in [0.2, 0.25) is 5.02 Å². The van der Waals surface area contributed by atoms with Crippen LogP contribution in [0.25, 0.3) is 0 Å². The molecule has 4 amide bonds. The standard InChI is InChI=1S/C30H34ClN3O4/c1-20(2)32-28(36)26(18-21-9-4-3-5-10-21)34(19-22-11-8-12-23(31)17-22)27(35)15-16-33-29(37)24-13-6-7-14-25(24)30(33)38/h3-12,17,20,24-26H,13-16,18-19H2,1-2H3,(H,32,36)/t24-,25+,26-/m1/s1. The van der Waals surface area contributed by atoms with Crippen molar-refractivity contribution in [3.63, 3.8) is 0 Å². The molecular weight excluding hydrogens is 502 g/mol. The van der Waals surface area contributed by atoms with E-state index in [1.165, 1.54) is 4.90 Å². The fourth-order valence-electron chi connectivity index (χ4n) is 5.21. The maximum absolute atomic E-state index is 13.8. The highest BCUT2D eigenvalue weighted by atomic mass is 35.5. The van der Waals surface area contributed by atoms with E-state index in [2.05, 4.69) is 5.32 Å². The van der Waals surface area contributed by atoms with Gasteiger partial charge in [-0.3, -0.25) is 24.1 Å². The molecule has 0 saturated carbocycles. The van der Waals surface area contributed by atoms with E-state index in [0.717, 1.165) is 11.1 Å². The Hall–Kier alpha value is -3.45. The van der Waals surface area contributed by atoms with E-state index in [9.17, 15) is 19.2 Å². The minimum Gasteiger partial charge on any atom is -0.352 e. The van der Waals surface area contributed by atoms with Crippen molar-refractivity contribution in [2.45, 2.75) is 58.2 Å². The lowest BCUT2D eigenvalue weighted by Gasteiger charge is -2.32. The molecule has 1 heterocycles. The number of nitrogens with zero attached hydrogens (tertiary/aromatic N) is 2. The van der Waals surface area contributed by atoms with Gasteiger partial charge in [0.1, 0.15) is 6.04 Å². The molecule has 2 aromatic carbocycles. The Morgan fingerprint density at radius 1 is 0.974 bits per heavy atom. The van der Waals surface area contributed by atoms with Gasteiger partial charge >= 0.3 is 0 Å². The zero-order valence-electron chi connectivity index (χ0n) is 21.8. The van der Waals surface area contributed by atoms with Gasteiger partial charge in [-0.15, -0.1) is 0 Å². The number of carbonyl (C=O) groups is 4. The van der Waals surface area contributed by atoms with Gasteiger partial charge in [0.05, 0.1) is 11.8 Å². The van der Waals surface area contributed by atoms with E-state index >= 15 is 0 Å². The van der Waals surface area contributed by atoms with Crippen LogP contribution in [0, 0.1) is 11.8 Å². The van der Waals surface area contributed by atoms with Gasteiger partial charge in [0.25, 0.3) is 0 Å². The van der Waals surface area contributed by atoms with Crippen molar-refractivity contribution in [3.8, 4) is 0 Å². The maximum atomic E-state index is 13.8. The number of rotatable bonds is 10. The van der Waals surface area contributed by atoms with Gasteiger partial charge in [0.15, 0.2) is 0 Å². The van der Waals surface area contributed by atoms with Crippen LogP contribution in [-0.2, 0) is 32.1 Å². The Kier molecular flexibility index (Phi) is 9.00. The number of fused-ring (bicyclic) bond motifs is 1. The van der Waals surface area contributed by atoms with E-state index in [1.54, 1.807) is 23.1 Å². The highest BCUT2D eigenvalue weighted by Crippen LogP contribution is 2.35. The highest BCUT2D eigenvalue weighted by molar-refractivity contribution is 6.30. The number of amides is 4. The minimum atomic E-state index is -0.789. The molecule has 0 bridgehead atoms. The zero-order valence-corrected chi connectivity index (χ0v) is 22.6. The SMILES string of the molecule is CC(C)NC(=O)[C@@H](Cc1ccccc1)N(Cc1cccc(Cl)c1)C(=O)CCN1C(=O)[C@H]2CC=CC[C@H]2C1=O. The zero-order chi connectivity index (χ0) is 27.2. The van der Waals surface area contributed by atoms with Crippen LogP contribution in [0.15, 0.2) is 66.7 Å². The van der Waals surface area contributed by atoms with Crippen molar-refractivity contribution in [2.24, 2.45) is 11.8 Å². The maximum Gasteiger partial charge on any atom is 0.243 e. The van der Waals surface area contributed by atoms with Gasteiger partial charge < -0.3 is 10.2 Å². The number of benzene rings is 2. The summed E-state index contributed by atoms with van der Waals surface area (Å²) in [5.41, 5.74) is 1.70. The molecule has 2 aliphatic rings. The second kappa shape index (κ2) is 12.4. The van der Waals surface area contributed by atoms with Crippen LogP contribution < -0.4 is 5.32 Å². The monoisotopic (exact) mass is 535 g/mol. The van der Waals surface area contributed by atoms with Crippen molar-refractivity contribution in [3.05, 3.63) is 82.9 Å². The molecule has 2 aromatic rings. The first-order valence-corrected chi connectivity index (χ1v) is 13.5. The third-order valence-electron chi connectivity index (χ3n) is 7.09. The van der Waals surface area contributed by atoms with Gasteiger partial charge in [0, 0.05) is 37.0 Å². The molecule has 1 fully saturated rings. The van der Waals surface area contributed by atoms with Crippen LogP contribution in [0.3, 0.4) is 0 Å². The number of likely N-dealkylation sites (tertiary alicyclic amines) is 1. The number of halogens is 1. The molecule has 1 aliphatic carbocycles. The number of hydrogen-bond donors (Lipinski definition) is 1. The fraction of sp³-hybridized carbons (Fsp3) is 0.400. The summed E-state index contributed by atoms with van der Waals surface area (Å²) in [6.45, 7) is 3.91. The molecule has 38 heavy (non-hydrogen) atoms. The average molecular weight is 536 g/mol. The summed E-state index contributed by atoms with van der Waals surface area (Å²) in [6.07, 6.45) is 5.24. The summed E-state index contributed by atoms with van der Waals surface area (Å²) in [5, 5.41) is 3.49. The van der Waals surface area contributed by atoms with Gasteiger partial charge in [0.2, 0.25) is 23.6 Å². The molecule has 3 atom stereocenters. The summed E-state index contributed by atoms with van der Waals surface area (Å²) in [7, 11) is 0. The topological polar surface area (TPSA) is 86.8 Å². The van der Waals surface area contributed by atoms with Gasteiger partial charge in [-0.25, -0.2) is 0 Å². The van der Waals surface area contributed by atoms with Crippen molar-refractivity contribution < 1.29 is 19.2 Å². The highest BCUT2D eigenvalue weighted by Gasteiger charge is 2.47. The van der Waals surface area contributed by atoms with Crippen molar-refractivity contribution >= 4 is 35.2 Å². The van der Waals surface area contributed by atoms with E-state index in [-0.39, 0.29) is 61.0 Å². The first-order valence-electron chi connectivity index (χ1n) is 13.1. The van der Waals surface area contributed by atoms with E-state index < -0.39 is 6.04 Å². The number of hydrogen-bond acceptors (Lipinski definition) is 4. The summed E-state index contributed by atoms with van der Waals surface area (Å²) in [4.78, 5) is 55.9. The Balaban J connectivity index is 1.59. The first kappa shape index (κ1) is 27.6. The second-order valence-electron chi connectivity index (χ2n) is 10.3. The molecule has 1 N–H and O–H groups in total. The summed E-state index contributed by atoms with van der Waals surface area (Å²) >= 11 is 6.22. The smallest absolute Gasteiger partial charge is 0.243 e. The van der Waals surface area contributed by atoms with Crippen molar-refractivity contribution in [2.75, 3.05) is 6.54 Å². The fourth-order valence-corrected chi connectivity index (χ4v) is 5.42. The van der Waals surface area contributed by atoms with Gasteiger partial charge in [-0.2, -0.15) is 0 Å². The van der Waals surface area contributed by atoms with Crippen LogP contribution in [0.4, 0.5) is 0 Å². The third-order valence-corrected chi connectivity index (χ3v) is 7.33. The molecule has 0 aromatic heterocycles. The van der Waals surface area contributed by atoms with E-state index in [4.69, 9.17) is 11.6 Å². The lowest BCUT2D eigenvalue weighted by atomic mass is 9.85. The van der Waals surface area contributed by atoms with Crippen LogP contribution in [0.1, 0.15) is 44.2 Å². The normalized spacial score (nSPS) is 19.4. The van der Waals surface area contributed by atoms with E-state index in [0.29, 0.717) is 24.3 Å². The van der Waals surface area contributed by atoms with Crippen LogP contribution in [0.5, 0.6) is 0 Å². The summed E-state index contributed by atoms with van der Waals surface area (Å²) < 4.78 is 0. The van der Waals surface area contributed by atoms with E-state index in [1.807, 2.05) is 62.4 Å². The molecule has 1 saturated heterocycles. The molecule has 0 spiro atoms. The molecule has 0 radical (unpaired) electrons. The minimum absolute atomic E-state index is 0.000593. The predicted octanol–water partition coefficient (Wildman–Crippen LogP) is 4.15. The molecule has 4 rings (SSSR count). The average Bonchev–Trinajstić information content (AvgIpc) is 3.14. The molecule has 200 valence electrons. The Labute approximate surface area is 228 Å². The lowest BCUT2D eigenvalue weighted by molar-refractivity contribution is -0.144. The number of allylic oxidation sites excluding steroid dienone is 2. The summed E-state index contributed by atoms with van der Waals surface area (Å²) in [5.74, 6) is -1.67. The number of imide groups is 1.